The van der Waals surface area contributed by atoms with E-state index in [0.29, 0.717) is 6.61 Å². The third-order valence-corrected chi connectivity index (χ3v) is 4.22. The van der Waals surface area contributed by atoms with E-state index in [1.807, 2.05) is 25.6 Å². The molecule has 1 N–H and O–H groups in total. The van der Waals surface area contributed by atoms with E-state index in [1.54, 1.807) is 0 Å². The summed E-state index contributed by atoms with van der Waals surface area (Å²) in [5, 5.41) is 0. The Kier molecular flexibility index (Phi) is 4.06. The molecule has 0 saturated carbocycles. The summed E-state index contributed by atoms with van der Waals surface area (Å²) < 4.78 is 7.75. The van der Waals surface area contributed by atoms with Crippen LogP contribution < -0.4 is 0 Å². The third-order valence-electron chi connectivity index (χ3n) is 4.22. The van der Waals surface area contributed by atoms with Gasteiger partial charge in [0.25, 0.3) is 0 Å². The molecule has 6 heteroatoms. The predicted molar refractivity (Wildman–Crippen MR) is 84.5 cm³/mol. The Hall–Kier alpha value is -1.66. The minimum absolute atomic E-state index is 0.0747. The van der Waals surface area contributed by atoms with Gasteiger partial charge in [-0.05, 0) is 0 Å². The first-order valence-electron chi connectivity index (χ1n) is 7.78. The number of rotatable bonds is 3. The molecule has 0 radical (unpaired) electrons. The van der Waals surface area contributed by atoms with Crippen LogP contribution in [0.25, 0.3) is 0 Å². The van der Waals surface area contributed by atoms with Gasteiger partial charge in [-0.3, -0.25) is 4.90 Å². The summed E-state index contributed by atoms with van der Waals surface area (Å²) in [7, 11) is 2.03. The highest BCUT2D eigenvalue weighted by molar-refractivity contribution is 5.14. The molecule has 0 spiro atoms. The Balaban J connectivity index is 1.80. The van der Waals surface area contributed by atoms with Crippen LogP contribution in [0.15, 0.2) is 18.6 Å². The normalized spacial score (nSPS) is 20.5. The summed E-state index contributed by atoms with van der Waals surface area (Å²) in [6.07, 6.45) is 5.77. The molecule has 1 aliphatic rings. The second kappa shape index (κ2) is 5.85. The van der Waals surface area contributed by atoms with Crippen LogP contribution >= 0.6 is 0 Å². The second-order valence-corrected chi connectivity index (χ2v) is 6.95. The van der Waals surface area contributed by atoms with Gasteiger partial charge in [-0.25, -0.2) is 9.97 Å². The van der Waals surface area contributed by atoms with Crippen molar-refractivity contribution in [1.82, 2.24) is 24.4 Å². The van der Waals surface area contributed by atoms with E-state index >= 15 is 0 Å². The van der Waals surface area contributed by atoms with Crippen LogP contribution in [0.5, 0.6) is 0 Å². The molecule has 0 aromatic carbocycles. The van der Waals surface area contributed by atoms with Gasteiger partial charge in [0.15, 0.2) is 0 Å². The van der Waals surface area contributed by atoms with Crippen LogP contribution in [0, 0.1) is 0 Å². The number of ether oxygens (including phenoxy) is 1. The standard InChI is InChI=1S/C16H25N5O/c1-16(2,3)13-9-18-15(19-13)12-11-22-8-7-21(12)10-14-17-5-6-20(14)4/h5-6,9,12H,7-8,10-11H2,1-4H3,(H,18,19)/t12-/m0/s1. The van der Waals surface area contributed by atoms with Crippen molar-refractivity contribution in [3.63, 3.8) is 0 Å². The second-order valence-electron chi connectivity index (χ2n) is 6.95. The first-order chi connectivity index (χ1) is 10.4. The molecule has 2 aromatic heterocycles. The topological polar surface area (TPSA) is 59.0 Å². The van der Waals surface area contributed by atoms with E-state index in [1.165, 1.54) is 0 Å². The summed E-state index contributed by atoms with van der Waals surface area (Å²) in [6, 6.07) is 0.154. The first-order valence-corrected chi connectivity index (χ1v) is 7.78. The number of imidazole rings is 2. The average Bonchev–Trinajstić information content (AvgIpc) is 3.09. The Labute approximate surface area is 131 Å². The van der Waals surface area contributed by atoms with E-state index in [0.717, 1.165) is 37.0 Å². The van der Waals surface area contributed by atoms with E-state index in [9.17, 15) is 0 Å². The summed E-state index contributed by atoms with van der Waals surface area (Å²) in [5.41, 5.74) is 1.23. The van der Waals surface area contributed by atoms with E-state index < -0.39 is 0 Å². The van der Waals surface area contributed by atoms with E-state index in [-0.39, 0.29) is 11.5 Å². The lowest BCUT2D eigenvalue weighted by molar-refractivity contribution is -0.0171. The molecular formula is C16H25N5O. The summed E-state index contributed by atoms with van der Waals surface area (Å²) in [6.45, 7) is 9.69. The van der Waals surface area contributed by atoms with Crippen LogP contribution in [0.1, 0.15) is 44.2 Å². The fraction of sp³-hybridized carbons (Fsp3) is 0.625. The zero-order valence-electron chi connectivity index (χ0n) is 13.8. The molecule has 1 saturated heterocycles. The molecule has 3 rings (SSSR count). The molecule has 0 bridgehead atoms. The monoisotopic (exact) mass is 303 g/mol. The molecule has 1 atom stereocenters. The first kappa shape index (κ1) is 15.2. The number of aromatic amines is 1. The van der Waals surface area contributed by atoms with Gasteiger partial charge in [-0.15, -0.1) is 0 Å². The lowest BCUT2D eigenvalue weighted by Crippen LogP contribution is -2.40. The number of H-pyrrole nitrogens is 1. The lowest BCUT2D eigenvalue weighted by Gasteiger charge is -2.34. The molecule has 2 aromatic rings. The lowest BCUT2D eigenvalue weighted by atomic mass is 9.93. The van der Waals surface area contributed by atoms with Crippen LogP contribution in [-0.4, -0.2) is 44.2 Å². The predicted octanol–water partition coefficient (Wildman–Crippen LogP) is 2.01. The minimum atomic E-state index is 0.0747. The molecule has 0 aliphatic carbocycles. The summed E-state index contributed by atoms with van der Waals surface area (Å²) in [5.74, 6) is 2.05. The average molecular weight is 303 g/mol. The van der Waals surface area contributed by atoms with Gasteiger partial charge in [0.1, 0.15) is 11.6 Å². The zero-order valence-corrected chi connectivity index (χ0v) is 13.8. The van der Waals surface area contributed by atoms with E-state index in [2.05, 4.69) is 45.2 Å². The van der Waals surface area contributed by atoms with Gasteiger partial charge in [0.05, 0.1) is 25.8 Å². The maximum Gasteiger partial charge on any atom is 0.126 e. The van der Waals surface area contributed by atoms with Crippen molar-refractivity contribution in [1.29, 1.82) is 0 Å². The number of hydrogen-bond acceptors (Lipinski definition) is 4. The highest BCUT2D eigenvalue weighted by Gasteiger charge is 2.29. The molecule has 1 aliphatic heterocycles. The molecule has 1 fully saturated rings. The van der Waals surface area contributed by atoms with Gasteiger partial charge >= 0.3 is 0 Å². The number of nitrogens with zero attached hydrogens (tertiary/aromatic N) is 4. The zero-order chi connectivity index (χ0) is 15.7. The fourth-order valence-corrected chi connectivity index (χ4v) is 2.70. The molecular weight excluding hydrogens is 278 g/mol. The van der Waals surface area contributed by atoms with Gasteiger partial charge in [-0.1, -0.05) is 20.8 Å². The molecule has 0 unspecified atom stereocenters. The van der Waals surface area contributed by atoms with Crippen LogP contribution in [0.4, 0.5) is 0 Å². The third kappa shape index (κ3) is 3.08. The van der Waals surface area contributed by atoms with Gasteiger partial charge in [0.2, 0.25) is 0 Å². The summed E-state index contributed by atoms with van der Waals surface area (Å²) in [4.78, 5) is 14.9. The largest absolute Gasteiger partial charge is 0.378 e. The Bertz CT molecular complexity index is 625. The van der Waals surface area contributed by atoms with E-state index in [4.69, 9.17) is 4.74 Å². The quantitative estimate of drug-likeness (QED) is 0.942. The number of morpholine rings is 1. The van der Waals surface area contributed by atoms with Crippen molar-refractivity contribution >= 4 is 0 Å². The SMILES string of the molecule is Cn1ccnc1CN1CCOC[C@H]1c1ncc(C(C)(C)C)[nH]1. The van der Waals surface area contributed by atoms with Crippen molar-refractivity contribution in [2.45, 2.75) is 38.8 Å². The Morgan fingerprint density at radius 2 is 2.18 bits per heavy atom. The fourth-order valence-electron chi connectivity index (χ4n) is 2.70. The maximum absolute atomic E-state index is 5.68. The van der Waals surface area contributed by atoms with Crippen molar-refractivity contribution in [2.75, 3.05) is 19.8 Å². The number of nitrogens with one attached hydrogen (secondary N) is 1. The summed E-state index contributed by atoms with van der Waals surface area (Å²) >= 11 is 0. The van der Waals surface area contributed by atoms with Gasteiger partial charge in [0, 0.05) is 43.3 Å². The van der Waals surface area contributed by atoms with Crippen molar-refractivity contribution in [3.8, 4) is 0 Å². The molecule has 22 heavy (non-hydrogen) atoms. The van der Waals surface area contributed by atoms with Gasteiger partial charge < -0.3 is 14.3 Å². The number of hydrogen-bond donors (Lipinski definition) is 1. The maximum atomic E-state index is 5.68. The molecule has 0 amide bonds. The van der Waals surface area contributed by atoms with Crippen molar-refractivity contribution in [2.24, 2.45) is 7.05 Å². The Morgan fingerprint density at radius 1 is 1.36 bits per heavy atom. The van der Waals surface area contributed by atoms with Crippen molar-refractivity contribution < 1.29 is 4.74 Å². The molecule has 120 valence electrons. The van der Waals surface area contributed by atoms with Gasteiger partial charge in [-0.2, -0.15) is 0 Å². The molecule has 3 heterocycles. The smallest absolute Gasteiger partial charge is 0.126 e. The number of aryl methyl sites for hydroxylation is 1. The number of aromatic nitrogens is 4. The van der Waals surface area contributed by atoms with Crippen molar-refractivity contribution in [3.05, 3.63) is 35.9 Å². The Morgan fingerprint density at radius 3 is 2.82 bits per heavy atom. The highest BCUT2D eigenvalue weighted by Crippen LogP contribution is 2.26. The van der Waals surface area contributed by atoms with Crippen LogP contribution in [-0.2, 0) is 23.7 Å². The van der Waals surface area contributed by atoms with Crippen LogP contribution in [0.3, 0.4) is 0 Å². The highest BCUT2D eigenvalue weighted by atomic mass is 16.5. The minimum Gasteiger partial charge on any atom is -0.378 e. The van der Waals surface area contributed by atoms with Crippen LogP contribution in [0.2, 0.25) is 0 Å². The molecule has 6 nitrogen and oxygen atoms in total.